The summed E-state index contributed by atoms with van der Waals surface area (Å²) < 4.78 is 30.4. The molecule has 0 heterocycles. The number of alkyl halides is 2. The van der Waals surface area contributed by atoms with Gasteiger partial charge >= 0.3 is 0 Å². The molecular weight excluding hydrogens is 252 g/mol. The molecule has 0 spiro atoms. The fourth-order valence-electron chi connectivity index (χ4n) is 1.71. The summed E-state index contributed by atoms with van der Waals surface area (Å²) in [4.78, 5) is 3.99. The highest BCUT2D eigenvalue weighted by molar-refractivity contribution is 5.92. The van der Waals surface area contributed by atoms with E-state index in [0.29, 0.717) is 12.8 Å². The van der Waals surface area contributed by atoms with Crippen molar-refractivity contribution >= 4 is 11.6 Å². The van der Waals surface area contributed by atoms with Crippen LogP contribution in [0.3, 0.4) is 0 Å². The summed E-state index contributed by atoms with van der Waals surface area (Å²) in [5.41, 5.74) is 5.48. The van der Waals surface area contributed by atoms with Crippen molar-refractivity contribution in [1.82, 2.24) is 0 Å². The lowest BCUT2D eigenvalue weighted by Crippen LogP contribution is -2.25. The molecule has 1 fully saturated rings. The fraction of sp³-hybridized carbons (Fsp3) is 0.462. The highest BCUT2D eigenvalue weighted by Crippen LogP contribution is 2.50. The molecule has 0 aromatic heterocycles. The molecule has 1 saturated carbocycles. The Morgan fingerprint density at radius 1 is 1.42 bits per heavy atom. The number of nitrogens with one attached hydrogen (secondary N) is 1. The van der Waals surface area contributed by atoms with Crippen molar-refractivity contribution in [3.63, 3.8) is 0 Å². The van der Waals surface area contributed by atoms with Gasteiger partial charge in [0.2, 0.25) is 6.43 Å². The van der Waals surface area contributed by atoms with Crippen LogP contribution in [0.2, 0.25) is 0 Å². The maximum absolute atomic E-state index is 12.7. The van der Waals surface area contributed by atoms with Gasteiger partial charge in [-0.3, -0.25) is 4.99 Å². The molecule has 0 unspecified atom stereocenters. The number of guanidine groups is 1. The van der Waals surface area contributed by atoms with Crippen molar-refractivity contribution < 1.29 is 13.5 Å². The zero-order valence-electron chi connectivity index (χ0n) is 10.7. The summed E-state index contributed by atoms with van der Waals surface area (Å²) in [6.07, 6.45) is -1.29. The standard InChI is InChI=1S/C13H17F2N3O/c1-19-10-4-2-9(3-5-10)18-12(16)17-8-13(6-7-13)11(14)15/h2-5,11H,6-8H2,1H3,(H3,16,17,18). The lowest BCUT2D eigenvalue weighted by atomic mass is 10.1. The lowest BCUT2D eigenvalue weighted by Gasteiger charge is -2.11. The largest absolute Gasteiger partial charge is 0.497 e. The van der Waals surface area contributed by atoms with Gasteiger partial charge in [-0.15, -0.1) is 0 Å². The maximum atomic E-state index is 12.7. The minimum atomic E-state index is -2.33. The van der Waals surface area contributed by atoms with E-state index in [0.717, 1.165) is 11.4 Å². The third kappa shape index (κ3) is 3.33. The molecule has 19 heavy (non-hydrogen) atoms. The van der Waals surface area contributed by atoms with Crippen LogP contribution in [-0.2, 0) is 0 Å². The van der Waals surface area contributed by atoms with Gasteiger partial charge in [-0.1, -0.05) is 0 Å². The first-order valence-electron chi connectivity index (χ1n) is 6.05. The van der Waals surface area contributed by atoms with Crippen LogP contribution in [0.5, 0.6) is 5.75 Å². The van der Waals surface area contributed by atoms with Crippen molar-refractivity contribution in [2.24, 2.45) is 16.1 Å². The van der Waals surface area contributed by atoms with E-state index in [-0.39, 0.29) is 12.5 Å². The SMILES string of the molecule is COc1ccc(NC(N)=NCC2(C(F)F)CC2)cc1. The number of aliphatic imine (C=N–C) groups is 1. The smallest absolute Gasteiger partial charge is 0.245 e. The quantitative estimate of drug-likeness (QED) is 0.637. The van der Waals surface area contributed by atoms with Crippen LogP contribution < -0.4 is 15.8 Å². The predicted octanol–water partition coefficient (Wildman–Crippen LogP) is 2.47. The number of hydrogen-bond donors (Lipinski definition) is 2. The number of halogens is 2. The van der Waals surface area contributed by atoms with Crippen LogP contribution in [0, 0.1) is 5.41 Å². The number of benzene rings is 1. The Morgan fingerprint density at radius 2 is 2.05 bits per heavy atom. The van der Waals surface area contributed by atoms with Crippen LogP contribution in [0.15, 0.2) is 29.3 Å². The fourth-order valence-corrected chi connectivity index (χ4v) is 1.71. The Labute approximate surface area is 110 Å². The average molecular weight is 269 g/mol. The molecule has 2 rings (SSSR count). The minimum Gasteiger partial charge on any atom is -0.497 e. The van der Waals surface area contributed by atoms with E-state index in [2.05, 4.69) is 10.3 Å². The molecule has 0 saturated heterocycles. The van der Waals surface area contributed by atoms with E-state index in [4.69, 9.17) is 10.5 Å². The molecule has 104 valence electrons. The molecule has 1 aromatic carbocycles. The van der Waals surface area contributed by atoms with Crippen molar-refractivity contribution in [3.8, 4) is 5.75 Å². The second-order valence-corrected chi connectivity index (χ2v) is 4.72. The Kier molecular flexibility index (Phi) is 3.87. The highest BCUT2D eigenvalue weighted by Gasteiger charge is 2.50. The summed E-state index contributed by atoms with van der Waals surface area (Å²) in [6, 6.07) is 7.11. The number of anilines is 1. The van der Waals surface area contributed by atoms with E-state index in [1.54, 1.807) is 31.4 Å². The van der Waals surface area contributed by atoms with Gasteiger partial charge in [-0.25, -0.2) is 8.78 Å². The van der Waals surface area contributed by atoms with E-state index >= 15 is 0 Å². The summed E-state index contributed by atoms with van der Waals surface area (Å²) in [6.45, 7) is 0.0691. The summed E-state index contributed by atoms with van der Waals surface area (Å²) in [5, 5.41) is 2.86. The van der Waals surface area contributed by atoms with Gasteiger partial charge in [0.1, 0.15) is 5.75 Å². The van der Waals surface area contributed by atoms with Crippen molar-refractivity contribution in [1.29, 1.82) is 0 Å². The van der Waals surface area contributed by atoms with E-state index in [9.17, 15) is 8.78 Å². The topological polar surface area (TPSA) is 59.6 Å². The van der Waals surface area contributed by atoms with Gasteiger partial charge in [0.15, 0.2) is 5.96 Å². The van der Waals surface area contributed by atoms with E-state index in [1.807, 2.05) is 0 Å². The number of ether oxygens (including phenoxy) is 1. The zero-order chi connectivity index (χ0) is 13.9. The Balaban J connectivity index is 1.91. The zero-order valence-corrected chi connectivity index (χ0v) is 10.7. The van der Waals surface area contributed by atoms with Crippen LogP contribution >= 0.6 is 0 Å². The molecular formula is C13H17F2N3O. The van der Waals surface area contributed by atoms with Crippen LogP contribution in [0.25, 0.3) is 0 Å². The Hall–Kier alpha value is -1.85. The van der Waals surface area contributed by atoms with E-state index in [1.165, 1.54) is 0 Å². The molecule has 1 aliphatic rings. The normalized spacial score (nSPS) is 17.4. The predicted molar refractivity (Wildman–Crippen MR) is 70.8 cm³/mol. The highest BCUT2D eigenvalue weighted by atomic mass is 19.3. The van der Waals surface area contributed by atoms with E-state index < -0.39 is 11.8 Å². The van der Waals surface area contributed by atoms with Gasteiger partial charge in [0.25, 0.3) is 0 Å². The van der Waals surface area contributed by atoms with Gasteiger partial charge in [0, 0.05) is 5.69 Å². The molecule has 0 aliphatic heterocycles. The van der Waals surface area contributed by atoms with Gasteiger partial charge in [-0.05, 0) is 37.1 Å². The van der Waals surface area contributed by atoms with Gasteiger partial charge in [0.05, 0.1) is 19.1 Å². The molecule has 1 aliphatic carbocycles. The lowest BCUT2D eigenvalue weighted by molar-refractivity contribution is 0.0667. The van der Waals surface area contributed by atoms with Gasteiger partial charge in [-0.2, -0.15) is 0 Å². The second-order valence-electron chi connectivity index (χ2n) is 4.72. The number of nitrogens with two attached hydrogens (primary N) is 1. The van der Waals surface area contributed by atoms with Crippen LogP contribution in [0.4, 0.5) is 14.5 Å². The van der Waals surface area contributed by atoms with Crippen LogP contribution in [0.1, 0.15) is 12.8 Å². The maximum Gasteiger partial charge on any atom is 0.245 e. The monoisotopic (exact) mass is 269 g/mol. The second kappa shape index (κ2) is 5.42. The first kappa shape index (κ1) is 13.6. The van der Waals surface area contributed by atoms with Crippen LogP contribution in [-0.4, -0.2) is 26.0 Å². The molecule has 0 amide bonds. The molecule has 4 nitrogen and oxygen atoms in total. The average Bonchev–Trinajstić information content (AvgIpc) is 3.18. The number of methoxy groups -OCH3 is 1. The van der Waals surface area contributed by atoms with Gasteiger partial charge < -0.3 is 15.8 Å². The number of nitrogens with zero attached hydrogens (tertiary/aromatic N) is 1. The molecule has 0 bridgehead atoms. The third-order valence-electron chi connectivity index (χ3n) is 3.28. The minimum absolute atomic E-state index is 0.0691. The van der Waals surface area contributed by atoms with Crippen molar-refractivity contribution in [2.45, 2.75) is 19.3 Å². The Morgan fingerprint density at radius 3 is 2.53 bits per heavy atom. The molecule has 0 radical (unpaired) electrons. The van der Waals surface area contributed by atoms with Crippen molar-refractivity contribution in [2.75, 3.05) is 19.0 Å². The summed E-state index contributed by atoms with van der Waals surface area (Å²) in [7, 11) is 1.58. The molecule has 1 aromatic rings. The molecule has 6 heteroatoms. The number of rotatable bonds is 5. The summed E-state index contributed by atoms with van der Waals surface area (Å²) in [5.74, 6) is 0.882. The summed E-state index contributed by atoms with van der Waals surface area (Å²) >= 11 is 0. The Bertz CT molecular complexity index is 455. The first-order chi connectivity index (χ1) is 9.05. The molecule has 3 N–H and O–H groups in total. The molecule has 0 atom stereocenters. The first-order valence-corrected chi connectivity index (χ1v) is 6.05. The number of hydrogen-bond acceptors (Lipinski definition) is 2. The van der Waals surface area contributed by atoms with Crippen molar-refractivity contribution in [3.05, 3.63) is 24.3 Å². The third-order valence-corrected chi connectivity index (χ3v) is 3.28.